The molecule has 1 atom stereocenters. The van der Waals surface area contributed by atoms with Gasteiger partial charge in [0.1, 0.15) is 0 Å². The zero-order valence-corrected chi connectivity index (χ0v) is 18.3. The SMILES string of the molecule is CC(C)C(O)(CCc1cscc1C(C)(C)O[Si]C(C)(C)C)CC(=O)O. The fourth-order valence-electron chi connectivity index (χ4n) is 2.58. The molecule has 1 rings (SSSR count). The van der Waals surface area contributed by atoms with Crippen LogP contribution in [0.15, 0.2) is 10.8 Å². The van der Waals surface area contributed by atoms with Crippen molar-refractivity contribution in [2.24, 2.45) is 5.92 Å². The fourth-order valence-corrected chi connectivity index (χ4v) is 4.30. The highest BCUT2D eigenvalue weighted by atomic mass is 32.1. The molecule has 0 saturated carbocycles. The average Bonchev–Trinajstić information content (AvgIpc) is 2.91. The third-order valence-electron chi connectivity index (χ3n) is 4.36. The summed E-state index contributed by atoms with van der Waals surface area (Å²) < 4.78 is 6.20. The summed E-state index contributed by atoms with van der Waals surface area (Å²) in [6, 6.07) is 0. The number of carboxylic acids is 1. The first kappa shape index (κ1) is 22.3. The van der Waals surface area contributed by atoms with Crippen LogP contribution in [-0.4, -0.2) is 31.5 Å². The van der Waals surface area contributed by atoms with Crippen LogP contribution in [0, 0.1) is 5.92 Å². The van der Waals surface area contributed by atoms with Gasteiger partial charge in [0.2, 0.25) is 9.76 Å². The van der Waals surface area contributed by atoms with E-state index in [0.717, 1.165) is 11.1 Å². The molecule has 1 unspecified atom stereocenters. The molecule has 2 radical (unpaired) electrons. The molecule has 0 aliphatic rings. The number of carboxylic acid groups (broad SMARTS) is 1. The minimum absolute atomic E-state index is 0.114. The van der Waals surface area contributed by atoms with E-state index in [1.165, 1.54) is 0 Å². The van der Waals surface area contributed by atoms with E-state index in [1.54, 1.807) is 11.3 Å². The summed E-state index contributed by atoms with van der Waals surface area (Å²) >= 11 is 1.62. The zero-order chi connectivity index (χ0) is 19.5. The van der Waals surface area contributed by atoms with Crippen LogP contribution < -0.4 is 0 Å². The van der Waals surface area contributed by atoms with Gasteiger partial charge in [-0.3, -0.25) is 4.79 Å². The van der Waals surface area contributed by atoms with Gasteiger partial charge in [0.15, 0.2) is 0 Å². The van der Waals surface area contributed by atoms with Crippen LogP contribution in [0.3, 0.4) is 0 Å². The van der Waals surface area contributed by atoms with Gasteiger partial charge in [0.25, 0.3) is 0 Å². The Morgan fingerprint density at radius 1 is 1.24 bits per heavy atom. The molecular weight excluding hydrogens is 352 g/mol. The monoisotopic (exact) mass is 384 g/mol. The second-order valence-electron chi connectivity index (χ2n) is 8.60. The molecule has 25 heavy (non-hydrogen) atoms. The maximum Gasteiger partial charge on any atom is 0.306 e. The Bertz CT molecular complexity index is 574. The highest BCUT2D eigenvalue weighted by Gasteiger charge is 2.34. The van der Waals surface area contributed by atoms with Crippen molar-refractivity contribution >= 4 is 27.1 Å². The van der Waals surface area contributed by atoms with Gasteiger partial charge in [0.05, 0.1) is 17.6 Å². The summed E-state index contributed by atoms with van der Waals surface area (Å²) in [5.41, 5.74) is 0.682. The Morgan fingerprint density at radius 3 is 2.32 bits per heavy atom. The molecule has 142 valence electrons. The van der Waals surface area contributed by atoms with Gasteiger partial charge in [-0.2, -0.15) is 11.3 Å². The summed E-state index contributed by atoms with van der Waals surface area (Å²) in [7, 11) is 0.389. The van der Waals surface area contributed by atoms with Crippen molar-refractivity contribution in [3.8, 4) is 0 Å². The van der Waals surface area contributed by atoms with Crippen LogP contribution in [0.5, 0.6) is 0 Å². The number of thiophene rings is 1. The lowest BCUT2D eigenvalue weighted by molar-refractivity contribution is -0.145. The third-order valence-corrected chi connectivity index (χ3v) is 6.38. The molecule has 0 saturated heterocycles. The summed E-state index contributed by atoms with van der Waals surface area (Å²) in [6.45, 7) is 14.4. The van der Waals surface area contributed by atoms with E-state index in [-0.39, 0.29) is 17.4 Å². The van der Waals surface area contributed by atoms with E-state index < -0.39 is 17.2 Å². The first-order valence-corrected chi connectivity index (χ1v) is 10.6. The highest BCUT2D eigenvalue weighted by molar-refractivity contribution is 7.08. The van der Waals surface area contributed by atoms with Gasteiger partial charge in [-0.25, -0.2) is 0 Å². The molecule has 0 bridgehead atoms. The largest absolute Gasteiger partial charge is 0.481 e. The molecule has 1 aromatic heterocycles. The molecule has 1 heterocycles. The number of rotatable bonds is 9. The van der Waals surface area contributed by atoms with Gasteiger partial charge >= 0.3 is 5.97 Å². The second-order valence-corrected chi connectivity index (χ2v) is 11.3. The first-order chi connectivity index (χ1) is 11.3. The van der Waals surface area contributed by atoms with Crippen molar-refractivity contribution in [2.45, 2.75) is 84.0 Å². The number of aliphatic hydroxyl groups is 1. The van der Waals surface area contributed by atoms with E-state index >= 15 is 0 Å². The van der Waals surface area contributed by atoms with Gasteiger partial charge in [-0.1, -0.05) is 34.6 Å². The maximum atomic E-state index is 11.1. The van der Waals surface area contributed by atoms with Crippen LogP contribution in [0.25, 0.3) is 0 Å². The Labute approximate surface area is 158 Å². The Balaban J connectivity index is 2.88. The maximum absolute atomic E-state index is 11.1. The molecular formula is C19H32O4SSi. The molecule has 2 N–H and O–H groups in total. The van der Waals surface area contributed by atoms with E-state index in [0.29, 0.717) is 22.6 Å². The molecule has 6 heteroatoms. The van der Waals surface area contributed by atoms with Gasteiger partial charge < -0.3 is 14.6 Å². The van der Waals surface area contributed by atoms with Gasteiger partial charge in [0, 0.05) is 0 Å². The standard InChI is InChI=1S/C19H32O4SSi/c1-13(2)19(22,10-16(20)21)9-8-14-11-24-12-15(14)18(6,7)23-25-17(3,4)5/h11-13,22H,8-10H2,1-7H3,(H,20,21). The minimum Gasteiger partial charge on any atom is -0.481 e. The van der Waals surface area contributed by atoms with Crippen molar-refractivity contribution in [3.63, 3.8) is 0 Å². The number of hydrogen-bond donors (Lipinski definition) is 2. The highest BCUT2D eigenvalue weighted by Crippen LogP contribution is 2.35. The lowest BCUT2D eigenvalue weighted by atomic mass is 9.81. The quantitative estimate of drug-likeness (QED) is 0.609. The molecule has 0 aliphatic heterocycles. The van der Waals surface area contributed by atoms with E-state index in [1.807, 2.05) is 13.8 Å². The van der Waals surface area contributed by atoms with Crippen LogP contribution >= 0.6 is 11.3 Å². The van der Waals surface area contributed by atoms with Crippen LogP contribution in [0.2, 0.25) is 5.04 Å². The Hall–Kier alpha value is -0.693. The molecule has 0 spiro atoms. The first-order valence-electron chi connectivity index (χ1n) is 8.72. The molecule has 4 nitrogen and oxygen atoms in total. The van der Waals surface area contributed by atoms with Crippen molar-refractivity contribution in [1.82, 2.24) is 0 Å². The smallest absolute Gasteiger partial charge is 0.306 e. The third kappa shape index (κ3) is 6.85. The predicted octanol–water partition coefficient (Wildman–Crippen LogP) is 4.63. The predicted molar refractivity (Wildman–Crippen MR) is 104 cm³/mol. The number of aryl methyl sites for hydroxylation is 1. The Morgan fingerprint density at radius 2 is 1.84 bits per heavy atom. The lowest BCUT2D eigenvalue weighted by Gasteiger charge is -2.32. The number of aliphatic carboxylic acids is 1. The van der Waals surface area contributed by atoms with E-state index in [2.05, 4.69) is 45.4 Å². The van der Waals surface area contributed by atoms with Crippen LogP contribution in [-0.2, 0) is 21.2 Å². The van der Waals surface area contributed by atoms with Crippen LogP contribution in [0.1, 0.15) is 72.4 Å². The summed E-state index contributed by atoms with van der Waals surface area (Å²) in [6.07, 6.45) is 0.847. The molecule has 0 aliphatic carbocycles. The van der Waals surface area contributed by atoms with Crippen LogP contribution in [0.4, 0.5) is 0 Å². The molecule has 0 aromatic carbocycles. The fraction of sp³-hybridized carbons (Fsp3) is 0.737. The second kappa shape index (κ2) is 8.33. The summed E-state index contributed by atoms with van der Waals surface area (Å²) in [4.78, 5) is 11.1. The lowest BCUT2D eigenvalue weighted by Crippen LogP contribution is -2.38. The summed E-state index contributed by atoms with van der Waals surface area (Å²) in [5, 5.41) is 24.2. The van der Waals surface area contributed by atoms with E-state index in [9.17, 15) is 9.90 Å². The zero-order valence-electron chi connectivity index (χ0n) is 16.5. The molecule has 1 aromatic rings. The van der Waals surface area contributed by atoms with Crippen molar-refractivity contribution in [2.75, 3.05) is 0 Å². The molecule has 0 fully saturated rings. The topological polar surface area (TPSA) is 66.8 Å². The number of hydrogen-bond acceptors (Lipinski definition) is 4. The molecule has 0 amide bonds. The van der Waals surface area contributed by atoms with Crippen molar-refractivity contribution in [1.29, 1.82) is 0 Å². The Kier molecular flexibility index (Phi) is 7.45. The van der Waals surface area contributed by atoms with E-state index in [4.69, 9.17) is 9.53 Å². The number of carbonyl (C=O) groups is 1. The van der Waals surface area contributed by atoms with Crippen molar-refractivity contribution in [3.05, 3.63) is 21.9 Å². The average molecular weight is 385 g/mol. The normalized spacial score (nSPS) is 15.4. The summed E-state index contributed by atoms with van der Waals surface area (Å²) in [5.74, 6) is -1.07. The van der Waals surface area contributed by atoms with Crippen molar-refractivity contribution < 1.29 is 19.4 Å². The van der Waals surface area contributed by atoms with Gasteiger partial charge in [-0.15, -0.1) is 0 Å². The minimum atomic E-state index is -1.19. The van der Waals surface area contributed by atoms with Gasteiger partial charge in [-0.05, 0) is 59.5 Å².